The highest BCUT2D eigenvalue weighted by atomic mass is 16.2. The van der Waals surface area contributed by atoms with E-state index in [1.54, 1.807) is 0 Å². The summed E-state index contributed by atoms with van der Waals surface area (Å²) in [7, 11) is 0. The zero-order valence-corrected chi connectivity index (χ0v) is 14.4. The van der Waals surface area contributed by atoms with Gasteiger partial charge >= 0.3 is 5.69 Å². The summed E-state index contributed by atoms with van der Waals surface area (Å²) in [5, 5.41) is 5.28. The van der Waals surface area contributed by atoms with Gasteiger partial charge in [0.25, 0.3) is 0 Å². The Morgan fingerprint density at radius 2 is 1.65 bits per heavy atom. The van der Waals surface area contributed by atoms with Crippen molar-refractivity contribution in [3.05, 3.63) is 70.6 Å². The van der Waals surface area contributed by atoms with E-state index in [1.807, 2.05) is 68.4 Å². The molecule has 2 heterocycles. The molecule has 0 radical (unpaired) electrons. The topological polar surface area (TPSA) is 78.2 Å². The number of hydrogen-bond donors (Lipinski definition) is 1. The predicted molar refractivity (Wildman–Crippen MR) is 107 cm³/mol. The lowest BCUT2D eigenvalue weighted by molar-refractivity contribution is 0.593. The molecule has 136 valence electrons. The van der Waals surface area contributed by atoms with E-state index in [1.165, 1.54) is 9.08 Å². The molecule has 0 aliphatic rings. The summed E-state index contributed by atoms with van der Waals surface area (Å²) < 4.78 is 2.82. The molecule has 26 heavy (non-hydrogen) atoms. The summed E-state index contributed by atoms with van der Waals surface area (Å²) in [4.78, 5) is 16.8. The van der Waals surface area contributed by atoms with Crippen molar-refractivity contribution in [3.8, 4) is 0 Å². The fourth-order valence-electron chi connectivity index (χ4n) is 2.75. The lowest BCUT2D eigenvalue weighted by Crippen LogP contribution is -2.23. The van der Waals surface area contributed by atoms with Gasteiger partial charge < -0.3 is 5.73 Å². The second kappa shape index (κ2) is 8.29. The Bertz CT molecular complexity index is 1050. The number of nitrogen functional groups attached to an aromatic ring is 1. The Morgan fingerprint density at radius 3 is 2.38 bits per heavy atom. The summed E-state index contributed by atoms with van der Waals surface area (Å²) in [6, 6.07) is 17.5. The van der Waals surface area contributed by atoms with Crippen molar-refractivity contribution in [2.24, 2.45) is 0 Å². The number of rotatable bonds is 3. The van der Waals surface area contributed by atoms with Crippen LogP contribution in [0.15, 0.2) is 59.4 Å². The highest BCUT2D eigenvalue weighted by molar-refractivity contribution is 5.91. The maximum atomic E-state index is 12.6. The first-order valence-electron chi connectivity index (χ1n) is 8.42. The molecule has 0 saturated heterocycles. The fourth-order valence-corrected chi connectivity index (χ4v) is 2.75. The first-order chi connectivity index (χ1) is 12.2. The predicted octanol–water partition coefficient (Wildman–Crippen LogP) is 3.53. The molecule has 6 heteroatoms. The molecular weight excluding hydrogens is 326 g/mol. The Morgan fingerprint density at radius 1 is 1.00 bits per heavy atom. The van der Waals surface area contributed by atoms with Gasteiger partial charge in [-0.1, -0.05) is 63.7 Å². The number of nitrogens with zero attached hydrogens (tertiary/aromatic N) is 4. The number of fused-ring (bicyclic) bond motifs is 3. The highest BCUT2D eigenvalue weighted by Gasteiger charge is 2.13. The van der Waals surface area contributed by atoms with Crippen molar-refractivity contribution in [3.63, 3.8) is 0 Å². The van der Waals surface area contributed by atoms with Crippen LogP contribution >= 0.6 is 0 Å². The van der Waals surface area contributed by atoms with Gasteiger partial charge in [-0.2, -0.15) is 0 Å². The summed E-state index contributed by atoms with van der Waals surface area (Å²) >= 11 is 0. The zero-order valence-electron chi connectivity index (χ0n) is 14.4. The fraction of sp³-hybridized carbons (Fsp3) is 0.250. The van der Waals surface area contributed by atoms with E-state index in [0.717, 1.165) is 22.9 Å². The number of benzene rings is 2. The van der Waals surface area contributed by atoms with Crippen LogP contribution in [0.3, 0.4) is 0 Å². The van der Waals surface area contributed by atoms with Crippen LogP contribution in [0.4, 0.5) is 5.95 Å². The average Bonchev–Trinajstić information content (AvgIpc) is 3.00. The molecule has 0 atom stereocenters. The van der Waals surface area contributed by atoms with Gasteiger partial charge in [-0.05, 0) is 24.1 Å². The first-order valence-corrected chi connectivity index (χ1v) is 8.42. The smallest absolute Gasteiger partial charge is 0.353 e. The average molecular weight is 351 g/mol. The normalized spacial score (nSPS) is 10.2. The van der Waals surface area contributed by atoms with Crippen LogP contribution in [0.2, 0.25) is 0 Å². The maximum Gasteiger partial charge on any atom is 0.353 e. The van der Waals surface area contributed by atoms with Gasteiger partial charge in [0.2, 0.25) is 5.95 Å². The van der Waals surface area contributed by atoms with Crippen LogP contribution < -0.4 is 11.4 Å². The van der Waals surface area contributed by atoms with Crippen molar-refractivity contribution in [2.45, 2.75) is 34.2 Å². The van der Waals surface area contributed by atoms with Crippen LogP contribution in [0, 0.1) is 0 Å². The van der Waals surface area contributed by atoms with E-state index in [2.05, 4.69) is 10.1 Å². The minimum Gasteiger partial charge on any atom is -0.369 e. The Labute approximate surface area is 152 Å². The molecule has 2 N–H and O–H groups in total. The molecule has 0 amide bonds. The minimum absolute atomic E-state index is 0. The first kappa shape index (κ1) is 19.2. The zero-order chi connectivity index (χ0) is 17.8. The quantitative estimate of drug-likeness (QED) is 0.612. The number of aryl methyl sites for hydroxylation is 2. The molecule has 2 aromatic carbocycles. The van der Waals surface area contributed by atoms with Crippen LogP contribution in [-0.2, 0) is 13.0 Å². The SMILES string of the molecule is C.CC.Nc1nc2ccccc2c2nn(CCc3ccccc3)c(=O)n12. The molecule has 0 aliphatic heterocycles. The van der Waals surface area contributed by atoms with Crippen LogP contribution in [0.5, 0.6) is 0 Å². The number of aromatic nitrogens is 4. The maximum absolute atomic E-state index is 12.6. The molecule has 6 nitrogen and oxygen atoms in total. The van der Waals surface area contributed by atoms with Gasteiger partial charge in [0.15, 0.2) is 5.65 Å². The van der Waals surface area contributed by atoms with E-state index in [-0.39, 0.29) is 19.1 Å². The van der Waals surface area contributed by atoms with Crippen LogP contribution in [0.1, 0.15) is 26.8 Å². The third-order valence-electron chi connectivity index (χ3n) is 3.90. The molecule has 0 spiro atoms. The molecular formula is C20H25N5O. The van der Waals surface area contributed by atoms with E-state index >= 15 is 0 Å². The van der Waals surface area contributed by atoms with Crippen molar-refractivity contribution in [1.82, 2.24) is 19.2 Å². The van der Waals surface area contributed by atoms with E-state index in [9.17, 15) is 4.79 Å². The number of nitrogens with two attached hydrogens (primary N) is 1. The van der Waals surface area contributed by atoms with Crippen LogP contribution in [0.25, 0.3) is 16.6 Å². The monoisotopic (exact) mass is 351 g/mol. The Balaban J connectivity index is 0.000000784. The molecule has 0 aliphatic carbocycles. The molecule has 4 aromatic rings. The molecule has 0 unspecified atom stereocenters. The Hall–Kier alpha value is -3.15. The van der Waals surface area contributed by atoms with E-state index in [4.69, 9.17) is 5.73 Å². The number of para-hydroxylation sites is 1. The van der Waals surface area contributed by atoms with Gasteiger partial charge in [0, 0.05) is 5.39 Å². The van der Waals surface area contributed by atoms with Gasteiger partial charge in [0.05, 0.1) is 12.1 Å². The van der Waals surface area contributed by atoms with Gasteiger partial charge in [0.1, 0.15) is 0 Å². The van der Waals surface area contributed by atoms with Gasteiger partial charge in [-0.3, -0.25) is 0 Å². The lowest BCUT2D eigenvalue weighted by Gasteiger charge is -2.00. The largest absolute Gasteiger partial charge is 0.369 e. The highest BCUT2D eigenvalue weighted by Crippen LogP contribution is 2.17. The van der Waals surface area contributed by atoms with E-state index < -0.39 is 0 Å². The number of hydrogen-bond acceptors (Lipinski definition) is 4. The second-order valence-corrected chi connectivity index (χ2v) is 5.39. The van der Waals surface area contributed by atoms with Gasteiger partial charge in [-0.25, -0.2) is 18.9 Å². The molecule has 2 aromatic heterocycles. The summed E-state index contributed by atoms with van der Waals surface area (Å²) in [5.41, 5.74) is 8.13. The second-order valence-electron chi connectivity index (χ2n) is 5.39. The molecule has 0 fully saturated rings. The summed E-state index contributed by atoms with van der Waals surface area (Å²) in [6.07, 6.45) is 0.732. The summed E-state index contributed by atoms with van der Waals surface area (Å²) in [6.45, 7) is 4.50. The van der Waals surface area contributed by atoms with Crippen molar-refractivity contribution >= 4 is 22.5 Å². The molecule has 0 saturated carbocycles. The molecule has 4 rings (SSSR count). The number of anilines is 1. The lowest BCUT2D eigenvalue weighted by atomic mass is 10.2. The minimum atomic E-state index is -0.258. The standard InChI is InChI=1S/C17H15N5O.C2H6.CH4/c18-16-19-14-9-5-4-8-13(14)15-20-21(17(23)22(15)16)11-10-12-6-2-1-3-7-12;1-2;/h1-9H,10-11H2,(H2,18,19);1-2H3;1H4. The molecule has 0 bridgehead atoms. The van der Waals surface area contributed by atoms with Crippen molar-refractivity contribution < 1.29 is 0 Å². The van der Waals surface area contributed by atoms with Gasteiger partial charge in [-0.15, -0.1) is 5.10 Å². The third-order valence-corrected chi connectivity index (χ3v) is 3.90. The van der Waals surface area contributed by atoms with Crippen molar-refractivity contribution in [1.29, 1.82) is 0 Å². The van der Waals surface area contributed by atoms with Crippen LogP contribution in [-0.4, -0.2) is 19.2 Å². The van der Waals surface area contributed by atoms with Crippen molar-refractivity contribution in [2.75, 3.05) is 5.73 Å². The third kappa shape index (κ3) is 3.44. The summed E-state index contributed by atoms with van der Waals surface area (Å²) in [5.74, 6) is 0.162. The van der Waals surface area contributed by atoms with E-state index in [0.29, 0.717) is 12.2 Å². The Kier molecular flexibility index (Phi) is 6.11.